The SMILES string of the molecule is CC(C)(C)c1ccc(OP(Oc2ccc(C(C)(C)C)cc2C(C)(C)C)c2ccc3ccccc3c2)c(C(C)(C)C)c1. The van der Waals surface area contributed by atoms with Crippen molar-refractivity contribution >= 4 is 24.5 Å². The standard InChI is InChI=1S/C38H49O2P/c1-35(2,3)28-18-21-33(31(24-28)37(7,8)9)39-41(30-20-17-26-15-13-14-16-27(26)23-30)40-34-22-19-29(36(4,5)6)25-32(34)38(10,11)12/h13-25H,1-12H3. The summed E-state index contributed by atoms with van der Waals surface area (Å²) in [5.41, 5.74) is 4.92. The predicted octanol–water partition coefficient (Wildman–Crippen LogP) is 11.1. The van der Waals surface area contributed by atoms with E-state index in [4.69, 9.17) is 9.05 Å². The molecular weight excluding hydrogens is 519 g/mol. The van der Waals surface area contributed by atoms with Crippen molar-refractivity contribution < 1.29 is 9.05 Å². The minimum Gasteiger partial charge on any atom is -0.435 e. The second-order valence-corrected chi connectivity index (χ2v) is 16.8. The van der Waals surface area contributed by atoms with Crippen molar-refractivity contribution in [3.8, 4) is 11.5 Å². The van der Waals surface area contributed by atoms with Gasteiger partial charge in [-0.2, -0.15) is 0 Å². The summed E-state index contributed by atoms with van der Waals surface area (Å²) in [6.45, 7) is 27.1. The van der Waals surface area contributed by atoms with E-state index in [1.807, 2.05) is 0 Å². The van der Waals surface area contributed by atoms with Crippen LogP contribution in [-0.2, 0) is 21.7 Å². The molecule has 4 rings (SSSR count). The highest BCUT2D eigenvalue weighted by molar-refractivity contribution is 7.56. The molecule has 41 heavy (non-hydrogen) atoms. The van der Waals surface area contributed by atoms with Crippen molar-refractivity contribution in [1.82, 2.24) is 0 Å². The Morgan fingerprint density at radius 2 is 0.878 bits per heavy atom. The van der Waals surface area contributed by atoms with Crippen LogP contribution in [0.3, 0.4) is 0 Å². The molecule has 3 heteroatoms. The van der Waals surface area contributed by atoms with Crippen LogP contribution >= 0.6 is 8.38 Å². The zero-order valence-electron chi connectivity index (χ0n) is 27.3. The lowest BCUT2D eigenvalue weighted by atomic mass is 9.80. The minimum atomic E-state index is -1.48. The Kier molecular flexibility index (Phi) is 8.43. The van der Waals surface area contributed by atoms with Crippen molar-refractivity contribution in [2.45, 2.75) is 105 Å². The van der Waals surface area contributed by atoms with E-state index in [0.29, 0.717) is 0 Å². The molecule has 0 amide bonds. The lowest BCUT2D eigenvalue weighted by Crippen LogP contribution is -2.20. The average molecular weight is 569 g/mol. The summed E-state index contributed by atoms with van der Waals surface area (Å²) in [5, 5.41) is 3.45. The van der Waals surface area contributed by atoms with Crippen molar-refractivity contribution in [3.05, 3.63) is 101 Å². The van der Waals surface area contributed by atoms with E-state index in [1.165, 1.54) is 33.0 Å². The molecular formula is C38H49O2P. The normalized spacial score (nSPS) is 13.1. The molecule has 0 aromatic heterocycles. The molecule has 0 atom stereocenters. The summed E-state index contributed by atoms with van der Waals surface area (Å²) in [6.07, 6.45) is 0. The number of hydrogen-bond acceptors (Lipinski definition) is 2. The van der Waals surface area contributed by atoms with Gasteiger partial charge in [-0.15, -0.1) is 0 Å². The van der Waals surface area contributed by atoms with Crippen LogP contribution in [0.4, 0.5) is 0 Å². The first-order chi connectivity index (χ1) is 18.8. The second-order valence-electron chi connectivity index (χ2n) is 15.4. The summed E-state index contributed by atoms with van der Waals surface area (Å²) < 4.78 is 14.0. The van der Waals surface area contributed by atoms with Crippen LogP contribution in [-0.4, -0.2) is 0 Å². The topological polar surface area (TPSA) is 18.5 Å². The number of fused-ring (bicyclic) bond motifs is 1. The van der Waals surface area contributed by atoms with Gasteiger partial charge >= 0.3 is 8.38 Å². The first-order valence-electron chi connectivity index (χ1n) is 14.8. The van der Waals surface area contributed by atoms with Gasteiger partial charge in [0.1, 0.15) is 11.5 Å². The van der Waals surface area contributed by atoms with Gasteiger partial charge in [-0.3, -0.25) is 0 Å². The molecule has 0 heterocycles. The van der Waals surface area contributed by atoms with E-state index in [2.05, 4.69) is 162 Å². The van der Waals surface area contributed by atoms with E-state index in [-0.39, 0.29) is 21.7 Å². The molecule has 0 unspecified atom stereocenters. The van der Waals surface area contributed by atoms with Gasteiger partial charge in [-0.1, -0.05) is 138 Å². The van der Waals surface area contributed by atoms with E-state index < -0.39 is 8.38 Å². The van der Waals surface area contributed by atoms with Crippen molar-refractivity contribution in [2.75, 3.05) is 0 Å². The lowest BCUT2D eigenvalue weighted by Gasteiger charge is -2.30. The zero-order valence-corrected chi connectivity index (χ0v) is 28.2. The van der Waals surface area contributed by atoms with Gasteiger partial charge in [-0.25, -0.2) is 0 Å². The molecule has 4 aromatic carbocycles. The van der Waals surface area contributed by atoms with Gasteiger partial charge in [0.25, 0.3) is 0 Å². The van der Waals surface area contributed by atoms with Crippen LogP contribution in [0.2, 0.25) is 0 Å². The van der Waals surface area contributed by atoms with E-state index in [0.717, 1.165) is 16.8 Å². The third-order valence-electron chi connectivity index (χ3n) is 7.61. The first kappa shape index (κ1) is 31.1. The third kappa shape index (κ3) is 7.34. The minimum absolute atomic E-state index is 0.0501. The molecule has 2 nitrogen and oxygen atoms in total. The van der Waals surface area contributed by atoms with E-state index in [9.17, 15) is 0 Å². The molecule has 0 saturated carbocycles. The quantitative estimate of drug-likeness (QED) is 0.223. The van der Waals surface area contributed by atoms with Gasteiger partial charge in [0.15, 0.2) is 0 Å². The summed E-state index contributed by atoms with van der Waals surface area (Å²) in [5.74, 6) is 1.77. The summed E-state index contributed by atoms with van der Waals surface area (Å²) >= 11 is 0. The zero-order chi connectivity index (χ0) is 30.4. The van der Waals surface area contributed by atoms with Gasteiger partial charge in [-0.05, 0) is 67.8 Å². The van der Waals surface area contributed by atoms with Crippen LogP contribution in [0.15, 0.2) is 78.9 Å². The lowest BCUT2D eigenvalue weighted by molar-refractivity contribution is 0.466. The van der Waals surface area contributed by atoms with Gasteiger partial charge in [0.2, 0.25) is 0 Å². The van der Waals surface area contributed by atoms with Crippen LogP contribution in [0.1, 0.15) is 105 Å². The Hall–Kier alpha value is -2.83. The Morgan fingerprint density at radius 3 is 1.29 bits per heavy atom. The fraction of sp³-hybridized carbons (Fsp3) is 0.421. The summed E-state index contributed by atoms with van der Waals surface area (Å²) in [6, 6.07) is 28.4. The Balaban J connectivity index is 1.87. The van der Waals surface area contributed by atoms with Crippen LogP contribution < -0.4 is 14.4 Å². The maximum atomic E-state index is 6.99. The largest absolute Gasteiger partial charge is 0.435 e. The van der Waals surface area contributed by atoms with Crippen LogP contribution in [0.5, 0.6) is 11.5 Å². The fourth-order valence-corrected chi connectivity index (χ4v) is 6.28. The highest BCUT2D eigenvalue weighted by Gasteiger charge is 2.29. The highest BCUT2D eigenvalue weighted by Crippen LogP contribution is 2.47. The van der Waals surface area contributed by atoms with Crippen LogP contribution in [0, 0.1) is 0 Å². The number of benzene rings is 4. The monoisotopic (exact) mass is 568 g/mol. The smallest absolute Gasteiger partial charge is 0.326 e. The first-order valence-corrected chi connectivity index (χ1v) is 16.0. The fourth-order valence-electron chi connectivity index (χ4n) is 4.92. The Morgan fingerprint density at radius 1 is 0.439 bits per heavy atom. The van der Waals surface area contributed by atoms with E-state index in [1.54, 1.807) is 0 Å². The molecule has 0 aliphatic heterocycles. The Bertz CT molecular complexity index is 1440. The summed E-state index contributed by atoms with van der Waals surface area (Å²) in [7, 11) is -1.48. The van der Waals surface area contributed by atoms with Crippen molar-refractivity contribution in [1.29, 1.82) is 0 Å². The molecule has 0 saturated heterocycles. The molecule has 0 aliphatic carbocycles. The third-order valence-corrected chi connectivity index (χ3v) is 9.04. The predicted molar refractivity (Wildman–Crippen MR) is 179 cm³/mol. The average Bonchev–Trinajstić information content (AvgIpc) is 2.86. The maximum Gasteiger partial charge on any atom is 0.326 e. The second kappa shape index (κ2) is 11.1. The van der Waals surface area contributed by atoms with Crippen LogP contribution in [0.25, 0.3) is 10.8 Å². The van der Waals surface area contributed by atoms with E-state index >= 15 is 0 Å². The van der Waals surface area contributed by atoms with Crippen molar-refractivity contribution in [3.63, 3.8) is 0 Å². The summed E-state index contributed by atoms with van der Waals surface area (Å²) in [4.78, 5) is 0. The maximum absolute atomic E-state index is 6.99. The molecule has 4 aromatic rings. The molecule has 0 aliphatic rings. The Labute approximate surface area is 250 Å². The molecule has 0 N–H and O–H groups in total. The molecule has 0 radical (unpaired) electrons. The number of rotatable bonds is 5. The van der Waals surface area contributed by atoms with Crippen molar-refractivity contribution in [2.24, 2.45) is 0 Å². The van der Waals surface area contributed by atoms with Gasteiger partial charge in [0.05, 0.1) is 5.30 Å². The molecule has 218 valence electrons. The van der Waals surface area contributed by atoms with Gasteiger partial charge < -0.3 is 9.05 Å². The van der Waals surface area contributed by atoms with Gasteiger partial charge in [0, 0.05) is 11.1 Å². The number of hydrogen-bond donors (Lipinski definition) is 0. The molecule has 0 bridgehead atoms. The highest BCUT2D eigenvalue weighted by atomic mass is 31.2. The molecule has 0 spiro atoms. The molecule has 0 fully saturated rings.